The molecule has 0 aliphatic heterocycles. The number of rotatable bonds is 3. The third-order valence-electron chi connectivity index (χ3n) is 2.80. The lowest BCUT2D eigenvalue weighted by atomic mass is 10.2. The Balaban J connectivity index is 1.86. The molecule has 3 rings (SSSR count). The fraction of sp³-hybridized carbons (Fsp3) is 0.143. The molecular formula is C14H13N3OS. The molecule has 2 heterocycles. The van der Waals surface area contributed by atoms with Gasteiger partial charge in [0.2, 0.25) is 0 Å². The van der Waals surface area contributed by atoms with E-state index in [1.54, 1.807) is 17.8 Å². The highest BCUT2D eigenvalue weighted by atomic mass is 32.2. The minimum Gasteiger partial charge on any atom is -0.267 e. The molecule has 96 valence electrons. The van der Waals surface area contributed by atoms with E-state index in [-0.39, 0.29) is 5.56 Å². The van der Waals surface area contributed by atoms with Gasteiger partial charge in [-0.25, -0.2) is 4.98 Å². The third kappa shape index (κ3) is 2.56. The number of pyridine rings is 1. The van der Waals surface area contributed by atoms with Crippen molar-refractivity contribution >= 4 is 17.4 Å². The standard InChI is InChI=1S/C14H13N3OS/c1-10-7-12-15-14(16-17(12)13(18)8-10)19-9-11-5-3-2-4-6-11/h2-8H,9H2,1H3,(H,15,16). The van der Waals surface area contributed by atoms with Crippen LogP contribution in [0.5, 0.6) is 0 Å². The number of H-pyrrole nitrogens is 1. The minimum atomic E-state index is -0.0749. The smallest absolute Gasteiger partial charge is 0.267 e. The molecule has 0 radical (unpaired) electrons. The summed E-state index contributed by atoms with van der Waals surface area (Å²) < 4.78 is 1.47. The van der Waals surface area contributed by atoms with Gasteiger partial charge in [-0.2, -0.15) is 4.52 Å². The van der Waals surface area contributed by atoms with E-state index in [9.17, 15) is 4.79 Å². The van der Waals surface area contributed by atoms with Gasteiger partial charge >= 0.3 is 0 Å². The van der Waals surface area contributed by atoms with Crippen LogP contribution in [0.1, 0.15) is 11.1 Å². The predicted octanol–water partition coefficient (Wildman–Crippen LogP) is 2.62. The first kappa shape index (κ1) is 12.0. The number of nitrogens with one attached hydrogen (secondary N) is 1. The topological polar surface area (TPSA) is 50.2 Å². The van der Waals surface area contributed by atoms with Crippen LogP contribution in [0.4, 0.5) is 0 Å². The fourth-order valence-electron chi connectivity index (χ4n) is 1.89. The van der Waals surface area contributed by atoms with E-state index in [0.29, 0.717) is 5.65 Å². The number of hydrogen-bond acceptors (Lipinski definition) is 3. The first-order valence-corrected chi connectivity index (χ1v) is 6.97. The molecule has 1 N–H and O–H groups in total. The molecule has 0 atom stereocenters. The Morgan fingerprint density at radius 1 is 1.26 bits per heavy atom. The van der Waals surface area contributed by atoms with Crippen molar-refractivity contribution in [1.29, 1.82) is 0 Å². The molecule has 1 aromatic carbocycles. The van der Waals surface area contributed by atoms with Gasteiger partial charge in [0.25, 0.3) is 5.56 Å². The van der Waals surface area contributed by atoms with Gasteiger partial charge in [-0.05, 0) is 24.1 Å². The number of fused-ring (bicyclic) bond motifs is 1. The first-order chi connectivity index (χ1) is 9.22. The second kappa shape index (κ2) is 4.93. The molecule has 0 aliphatic rings. The van der Waals surface area contributed by atoms with E-state index in [4.69, 9.17) is 0 Å². The van der Waals surface area contributed by atoms with Crippen molar-refractivity contribution in [2.75, 3.05) is 0 Å². The molecule has 2 aromatic heterocycles. The lowest BCUT2D eigenvalue weighted by molar-refractivity contribution is 0.857. The summed E-state index contributed by atoms with van der Waals surface area (Å²) in [5.41, 5.74) is 2.75. The molecular weight excluding hydrogens is 258 g/mol. The molecule has 0 unspecified atom stereocenters. The lowest BCUT2D eigenvalue weighted by Gasteiger charge is -1.97. The number of benzene rings is 1. The molecule has 0 fully saturated rings. The second-order valence-electron chi connectivity index (χ2n) is 4.37. The Morgan fingerprint density at radius 2 is 2.05 bits per heavy atom. The van der Waals surface area contributed by atoms with E-state index in [1.165, 1.54) is 10.1 Å². The molecule has 0 spiro atoms. The number of nitrogens with zero attached hydrogens (tertiary/aromatic N) is 2. The van der Waals surface area contributed by atoms with Crippen molar-refractivity contribution in [3.8, 4) is 0 Å². The van der Waals surface area contributed by atoms with Crippen LogP contribution in [-0.2, 0) is 5.75 Å². The van der Waals surface area contributed by atoms with Gasteiger partial charge in [-0.3, -0.25) is 9.89 Å². The fourth-order valence-corrected chi connectivity index (χ4v) is 2.70. The van der Waals surface area contributed by atoms with Gasteiger partial charge in [-0.15, -0.1) is 0 Å². The highest BCUT2D eigenvalue weighted by molar-refractivity contribution is 7.98. The quantitative estimate of drug-likeness (QED) is 0.745. The summed E-state index contributed by atoms with van der Waals surface area (Å²) in [6.45, 7) is 1.90. The largest absolute Gasteiger partial charge is 0.271 e. The Bertz CT molecular complexity index is 761. The summed E-state index contributed by atoms with van der Waals surface area (Å²) in [5, 5.41) is 3.77. The summed E-state index contributed by atoms with van der Waals surface area (Å²) in [4.78, 5) is 16.2. The van der Waals surface area contributed by atoms with Crippen LogP contribution >= 0.6 is 11.8 Å². The Morgan fingerprint density at radius 3 is 2.84 bits per heavy atom. The van der Waals surface area contributed by atoms with Crippen LogP contribution in [0.2, 0.25) is 0 Å². The van der Waals surface area contributed by atoms with Gasteiger partial charge < -0.3 is 0 Å². The van der Waals surface area contributed by atoms with Crippen molar-refractivity contribution in [1.82, 2.24) is 14.6 Å². The first-order valence-electron chi connectivity index (χ1n) is 5.98. The monoisotopic (exact) mass is 271 g/mol. The average Bonchev–Trinajstić information content (AvgIpc) is 2.81. The summed E-state index contributed by atoms with van der Waals surface area (Å²) in [6.07, 6.45) is 0. The van der Waals surface area contributed by atoms with Crippen LogP contribution < -0.4 is 5.56 Å². The highest BCUT2D eigenvalue weighted by Crippen LogP contribution is 2.19. The van der Waals surface area contributed by atoms with Crippen molar-refractivity contribution in [3.63, 3.8) is 0 Å². The van der Waals surface area contributed by atoms with Gasteiger partial charge in [-0.1, -0.05) is 42.1 Å². The molecule has 3 aromatic rings. The zero-order chi connectivity index (χ0) is 13.2. The Labute approximate surface area is 114 Å². The predicted molar refractivity (Wildman–Crippen MR) is 76.6 cm³/mol. The summed E-state index contributed by atoms with van der Waals surface area (Å²) in [7, 11) is 0. The molecule has 5 heteroatoms. The second-order valence-corrected chi connectivity index (χ2v) is 5.33. The van der Waals surface area contributed by atoms with Crippen LogP contribution in [0.15, 0.2) is 52.4 Å². The van der Waals surface area contributed by atoms with E-state index < -0.39 is 0 Å². The number of thioether (sulfide) groups is 1. The van der Waals surface area contributed by atoms with Gasteiger partial charge in [0, 0.05) is 11.8 Å². The van der Waals surface area contributed by atoms with Gasteiger partial charge in [0.05, 0.1) is 0 Å². The number of aryl methyl sites for hydroxylation is 1. The highest BCUT2D eigenvalue weighted by Gasteiger charge is 2.05. The Kier molecular flexibility index (Phi) is 3.13. The van der Waals surface area contributed by atoms with Crippen molar-refractivity contribution in [2.24, 2.45) is 0 Å². The molecule has 4 nitrogen and oxygen atoms in total. The SMILES string of the molecule is Cc1cc(=O)n2[nH]c(SCc3ccccc3)nc2c1. The third-order valence-corrected chi connectivity index (χ3v) is 3.73. The number of hydrogen-bond donors (Lipinski definition) is 1. The summed E-state index contributed by atoms with van der Waals surface area (Å²) >= 11 is 1.59. The lowest BCUT2D eigenvalue weighted by Crippen LogP contribution is -2.12. The van der Waals surface area contributed by atoms with Gasteiger partial charge in [0.1, 0.15) is 0 Å². The average molecular weight is 271 g/mol. The zero-order valence-electron chi connectivity index (χ0n) is 10.5. The van der Waals surface area contributed by atoms with Crippen molar-refractivity contribution in [3.05, 3.63) is 63.9 Å². The van der Waals surface area contributed by atoms with Crippen LogP contribution in [-0.4, -0.2) is 14.6 Å². The van der Waals surface area contributed by atoms with E-state index >= 15 is 0 Å². The van der Waals surface area contributed by atoms with Crippen LogP contribution in [0.25, 0.3) is 5.65 Å². The molecule has 19 heavy (non-hydrogen) atoms. The van der Waals surface area contributed by atoms with Crippen LogP contribution in [0, 0.1) is 6.92 Å². The molecule has 0 saturated heterocycles. The Hall–Kier alpha value is -2.01. The number of aromatic nitrogens is 3. The van der Waals surface area contributed by atoms with E-state index in [0.717, 1.165) is 16.5 Å². The zero-order valence-corrected chi connectivity index (χ0v) is 11.3. The normalized spacial score (nSPS) is 11.0. The van der Waals surface area contributed by atoms with Crippen LogP contribution in [0.3, 0.4) is 0 Å². The van der Waals surface area contributed by atoms with E-state index in [2.05, 4.69) is 22.2 Å². The number of aromatic amines is 1. The summed E-state index contributed by atoms with van der Waals surface area (Å²) in [6, 6.07) is 13.7. The van der Waals surface area contributed by atoms with E-state index in [1.807, 2.05) is 31.2 Å². The minimum absolute atomic E-state index is 0.0749. The maximum Gasteiger partial charge on any atom is 0.271 e. The molecule has 0 aliphatic carbocycles. The molecule has 0 saturated carbocycles. The van der Waals surface area contributed by atoms with Crippen molar-refractivity contribution in [2.45, 2.75) is 17.8 Å². The molecule has 0 bridgehead atoms. The maximum atomic E-state index is 11.8. The van der Waals surface area contributed by atoms with Gasteiger partial charge in [0.15, 0.2) is 10.8 Å². The van der Waals surface area contributed by atoms with Crippen molar-refractivity contribution < 1.29 is 0 Å². The summed E-state index contributed by atoms with van der Waals surface area (Å²) in [5.74, 6) is 0.828. The molecule has 0 amide bonds. The maximum absolute atomic E-state index is 11.8.